The van der Waals surface area contributed by atoms with E-state index in [9.17, 15) is 23.1 Å². The Morgan fingerprint density at radius 1 is 0.973 bits per heavy atom. The molecule has 0 spiro atoms. The van der Waals surface area contributed by atoms with E-state index in [1.54, 1.807) is 18.3 Å². The number of nitrogens with zero attached hydrogens (tertiary/aromatic N) is 2. The summed E-state index contributed by atoms with van der Waals surface area (Å²) in [6.45, 7) is 1.06. The largest absolute Gasteiger partial charge is 0.387 e. The van der Waals surface area contributed by atoms with Crippen LogP contribution in [0.4, 0.5) is 18.9 Å². The number of nitrogens with one attached hydrogen (secondary N) is 2. The van der Waals surface area contributed by atoms with Crippen LogP contribution < -0.4 is 10.6 Å². The van der Waals surface area contributed by atoms with Crippen LogP contribution in [0.25, 0.3) is 0 Å². The molecule has 0 saturated heterocycles. The number of aliphatic hydroxyl groups excluding tert-OH is 1. The van der Waals surface area contributed by atoms with Crippen molar-refractivity contribution in [2.24, 2.45) is 0 Å². The Morgan fingerprint density at radius 3 is 2.49 bits per heavy atom. The number of hydrogen-bond donors (Lipinski definition) is 3. The van der Waals surface area contributed by atoms with Gasteiger partial charge in [0.25, 0.3) is 0 Å². The fourth-order valence-corrected chi connectivity index (χ4v) is 3.89. The number of aliphatic hydroxyl groups is 1. The van der Waals surface area contributed by atoms with Crippen molar-refractivity contribution in [1.29, 1.82) is 0 Å². The van der Waals surface area contributed by atoms with Gasteiger partial charge in [0.2, 0.25) is 5.91 Å². The maximum absolute atomic E-state index is 14.0. The molecular formula is C28H27F3N4O2. The Labute approximate surface area is 212 Å². The van der Waals surface area contributed by atoms with E-state index in [-0.39, 0.29) is 24.4 Å². The number of hydrogen-bond acceptors (Lipinski definition) is 4. The van der Waals surface area contributed by atoms with E-state index >= 15 is 0 Å². The fraction of sp³-hybridized carbons (Fsp3) is 0.214. The predicted molar refractivity (Wildman–Crippen MR) is 134 cm³/mol. The van der Waals surface area contributed by atoms with Crippen molar-refractivity contribution >= 4 is 11.6 Å². The topological polar surface area (TPSA) is 79.2 Å². The number of benzene rings is 3. The lowest BCUT2D eigenvalue weighted by Gasteiger charge is -2.12. The first-order chi connectivity index (χ1) is 17.9. The molecule has 0 radical (unpaired) electrons. The van der Waals surface area contributed by atoms with Gasteiger partial charge >= 0.3 is 0 Å². The van der Waals surface area contributed by atoms with E-state index in [1.165, 1.54) is 16.8 Å². The van der Waals surface area contributed by atoms with Crippen molar-refractivity contribution in [2.45, 2.75) is 25.5 Å². The lowest BCUT2D eigenvalue weighted by atomic mass is 10.1. The van der Waals surface area contributed by atoms with Crippen molar-refractivity contribution < 1.29 is 23.1 Å². The Hall–Kier alpha value is -3.95. The summed E-state index contributed by atoms with van der Waals surface area (Å²) in [6.07, 6.45) is 3.12. The zero-order chi connectivity index (χ0) is 26.2. The first-order valence-electron chi connectivity index (χ1n) is 11.9. The highest BCUT2D eigenvalue weighted by Gasteiger charge is 2.16. The summed E-state index contributed by atoms with van der Waals surface area (Å²) in [5.74, 6) is -3.99. The lowest BCUT2D eigenvalue weighted by molar-refractivity contribution is -0.115. The monoisotopic (exact) mass is 508 g/mol. The van der Waals surface area contributed by atoms with E-state index < -0.39 is 23.6 Å². The van der Waals surface area contributed by atoms with Gasteiger partial charge < -0.3 is 20.3 Å². The van der Waals surface area contributed by atoms with E-state index in [1.807, 2.05) is 42.5 Å². The normalized spacial score (nSPS) is 11.9. The van der Waals surface area contributed by atoms with Gasteiger partial charge in [-0.25, -0.2) is 18.2 Å². The van der Waals surface area contributed by atoms with Gasteiger partial charge in [0.15, 0.2) is 17.5 Å². The minimum atomic E-state index is -1.53. The summed E-state index contributed by atoms with van der Waals surface area (Å²) in [5.41, 5.74) is 2.52. The second-order valence-corrected chi connectivity index (χ2v) is 8.61. The van der Waals surface area contributed by atoms with Crippen LogP contribution in [-0.2, 0) is 24.2 Å². The molecule has 1 amide bonds. The number of imidazole rings is 1. The van der Waals surface area contributed by atoms with Gasteiger partial charge in [0.1, 0.15) is 5.82 Å². The Bertz CT molecular complexity index is 1330. The van der Waals surface area contributed by atoms with E-state index in [4.69, 9.17) is 0 Å². The average molecular weight is 509 g/mol. The summed E-state index contributed by atoms with van der Waals surface area (Å²) >= 11 is 0. The summed E-state index contributed by atoms with van der Waals surface area (Å²) in [4.78, 5) is 16.7. The Balaban J connectivity index is 1.24. The second kappa shape index (κ2) is 12.3. The number of aromatic nitrogens is 2. The third-order valence-electron chi connectivity index (χ3n) is 5.93. The molecule has 6 nitrogen and oxygen atoms in total. The molecule has 0 bridgehead atoms. The molecule has 0 aliphatic rings. The summed E-state index contributed by atoms with van der Waals surface area (Å²) < 4.78 is 42.3. The van der Waals surface area contributed by atoms with E-state index in [2.05, 4.69) is 15.6 Å². The van der Waals surface area contributed by atoms with Crippen LogP contribution in [0.1, 0.15) is 28.6 Å². The van der Waals surface area contributed by atoms with Gasteiger partial charge in [-0.05, 0) is 42.3 Å². The molecule has 4 rings (SSSR count). The molecule has 3 N–H and O–H groups in total. The molecule has 1 atom stereocenters. The minimum Gasteiger partial charge on any atom is -0.387 e. The van der Waals surface area contributed by atoms with Gasteiger partial charge in [0.05, 0.1) is 19.1 Å². The number of carbonyl (C=O) groups is 1. The molecule has 4 aromatic rings. The molecule has 0 fully saturated rings. The van der Waals surface area contributed by atoms with Gasteiger partial charge in [-0.1, -0.05) is 48.5 Å². The maximum atomic E-state index is 14.0. The van der Waals surface area contributed by atoms with Crippen LogP contribution in [0.3, 0.4) is 0 Å². The molecule has 9 heteroatoms. The Kier molecular flexibility index (Phi) is 8.71. The van der Waals surface area contributed by atoms with Crippen LogP contribution in [0.15, 0.2) is 79.1 Å². The number of halogens is 3. The van der Waals surface area contributed by atoms with Crippen LogP contribution >= 0.6 is 0 Å². The number of anilines is 1. The van der Waals surface area contributed by atoms with Crippen molar-refractivity contribution in [1.82, 2.24) is 14.9 Å². The molecule has 37 heavy (non-hydrogen) atoms. The zero-order valence-corrected chi connectivity index (χ0v) is 20.0. The van der Waals surface area contributed by atoms with Crippen molar-refractivity contribution in [3.63, 3.8) is 0 Å². The Morgan fingerprint density at radius 2 is 1.73 bits per heavy atom. The summed E-state index contributed by atoms with van der Waals surface area (Å²) in [5, 5.41) is 16.2. The quantitative estimate of drug-likeness (QED) is 0.207. The summed E-state index contributed by atoms with van der Waals surface area (Å²) in [6, 6.07) is 18.9. The number of amides is 1. The van der Waals surface area contributed by atoms with Crippen LogP contribution in [-0.4, -0.2) is 33.7 Å². The zero-order valence-electron chi connectivity index (χ0n) is 20.0. The number of carbonyl (C=O) groups excluding carboxylic acids is 1. The first-order valence-corrected chi connectivity index (χ1v) is 11.9. The molecular weight excluding hydrogens is 481 g/mol. The van der Waals surface area contributed by atoms with Gasteiger partial charge in [-0.15, -0.1) is 0 Å². The third-order valence-corrected chi connectivity index (χ3v) is 5.93. The van der Waals surface area contributed by atoms with Gasteiger partial charge in [0, 0.05) is 30.2 Å². The first kappa shape index (κ1) is 26.1. The predicted octanol–water partition coefficient (Wildman–Crippen LogP) is 4.40. The molecule has 0 aliphatic heterocycles. The van der Waals surface area contributed by atoms with Crippen molar-refractivity contribution in [3.05, 3.63) is 119 Å². The van der Waals surface area contributed by atoms with Crippen molar-refractivity contribution in [2.75, 3.05) is 18.4 Å². The van der Waals surface area contributed by atoms with Crippen LogP contribution in [0, 0.1) is 17.5 Å². The molecule has 0 aliphatic carbocycles. The smallest absolute Gasteiger partial charge is 0.231 e. The minimum absolute atomic E-state index is 0.0433. The number of rotatable bonds is 11. The molecule has 3 aromatic carbocycles. The molecule has 1 aromatic heterocycles. The SMILES string of the molecule is O=C(Cc1nccn1Cc1ccc(F)c(F)c1F)Nc1ccc(CCNCC(O)c2ccccc2)cc1. The summed E-state index contributed by atoms with van der Waals surface area (Å²) in [7, 11) is 0. The lowest BCUT2D eigenvalue weighted by Crippen LogP contribution is -2.23. The van der Waals surface area contributed by atoms with Gasteiger partial charge in [-0.2, -0.15) is 0 Å². The molecule has 0 saturated carbocycles. The third kappa shape index (κ3) is 7.05. The standard InChI is InChI=1S/C28H27F3N4O2/c29-23-11-8-21(27(30)28(23)31)18-35-15-14-33-25(35)16-26(37)34-22-9-6-19(7-10-22)12-13-32-17-24(36)20-4-2-1-3-5-20/h1-11,14-15,24,32,36H,12-13,16-18H2,(H,34,37). The maximum Gasteiger partial charge on any atom is 0.231 e. The van der Waals surface area contributed by atoms with Crippen LogP contribution in [0.2, 0.25) is 0 Å². The van der Waals surface area contributed by atoms with E-state index in [0.29, 0.717) is 24.6 Å². The average Bonchev–Trinajstić information content (AvgIpc) is 3.34. The van der Waals surface area contributed by atoms with E-state index in [0.717, 1.165) is 23.6 Å². The molecule has 1 heterocycles. The highest BCUT2D eigenvalue weighted by Crippen LogP contribution is 2.17. The highest BCUT2D eigenvalue weighted by molar-refractivity contribution is 5.91. The van der Waals surface area contributed by atoms with Crippen molar-refractivity contribution in [3.8, 4) is 0 Å². The highest BCUT2D eigenvalue weighted by atomic mass is 19.2. The fourth-order valence-electron chi connectivity index (χ4n) is 3.89. The second-order valence-electron chi connectivity index (χ2n) is 8.61. The molecule has 1 unspecified atom stereocenters. The molecule has 192 valence electrons. The van der Waals surface area contributed by atoms with Gasteiger partial charge in [-0.3, -0.25) is 4.79 Å². The van der Waals surface area contributed by atoms with Crippen LogP contribution in [0.5, 0.6) is 0 Å².